The van der Waals surface area contributed by atoms with E-state index >= 15 is 0 Å². The average molecular weight is 244 g/mol. The maximum absolute atomic E-state index is 12.2. The van der Waals surface area contributed by atoms with Crippen molar-refractivity contribution in [2.75, 3.05) is 6.54 Å². The average Bonchev–Trinajstić information content (AvgIpc) is 2.90. The van der Waals surface area contributed by atoms with Crippen molar-refractivity contribution in [1.82, 2.24) is 9.80 Å². The van der Waals surface area contributed by atoms with E-state index in [0.29, 0.717) is 6.54 Å². The molecule has 1 aromatic carbocycles. The van der Waals surface area contributed by atoms with Crippen LogP contribution in [0.25, 0.3) is 0 Å². The zero-order chi connectivity index (χ0) is 12.7. The van der Waals surface area contributed by atoms with Gasteiger partial charge in [-0.25, -0.2) is 4.79 Å². The van der Waals surface area contributed by atoms with Crippen molar-refractivity contribution in [3.05, 3.63) is 35.4 Å². The summed E-state index contributed by atoms with van der Waals surface area (Å²) in [6.45, 7) is 3.13. The minimum atomic E-state index is -0.192. The highest BCUT2D eigenvalue weighted by atomic mass is 16.2. The van der Waals surface area contributed by atoms with Gasteiger partial charge in [-0.05, 0) is 25.3 Å². The molecule has 0 radical (unpaired) electrons. The summed E-state index contributed by atoms with van der Waals surface area (Å²) in [5.41, 5.74) is 2.16. The SMILES string of the molecule is Cc1cccc(CN2C(=O)C3CCCN3C2=O)c1. The minimum Gasteiger partial charge on any atom is -0.312 e. The first-order chi connectivity index (χ1) is 8.66. The van der Waals surface area contributed by atoms with E-state index in [0.717, 1.165) is 30.5 Å². The topological polar surface area (TPSA) is 40.6 Å². The van der Waals surface area contributed by atoms with Gasteiger partial charge in [0.25, 0.3) is 5.91 Å². The number of benzene rings is 1. The summed E-state index contributed by atoms with van der Waals surface area (Å²) in [6.07, 6.45) is 1.76. The molecule has 2 fully saturated rings. The van der Waals surface area contributed by atoms with E-state index in [1.807, 2.05) is 31.2 Å². The van der Waals surface area contributed by atoms with E-state index in [9.17, 15) is 9.59 Å². The molecule has 4 nitrogen and oxygen atoms in total. The summed E-state index contributed by atoms with van der Waals surface area (Å²) < 4.78 is 0. The zero-order valence-corrected chi connectivity index (χ0v) is 10.4. The lowest BCUT2D eigenvalue weighted by atomic mass is 10.1. The highest BCUT2D eigenvalue weighted by Gasteiger charge is 2.47. The smallest absolute Gasteiger partial charge is 0.312 e. The minimum absolute atomic E-state index is 0.0287. The molecule has 2 saturated heterocycles. The van der Waals surface area contributed by atoms with Crippen LogP contribution in [-0.2, 0) is 11.3 Å². The van der Waals surface area contributed by atoms with Crippen molar-refractivity contribution in [3.63, 3.8) is 0 Å². The number of carbonyl (C=O) groups excluding carboxylic acids is 2. The number of amides is 3. The van der Waals surface area contributed by atoms with Crippen LogP contribution in [0, 0.1) is 6.92 Å². The molecular weight excluding hydrogens is 228 g/mol. The summed E-state index contributed by atoms with van der Waals surface area (Å²) in [6, 6.07) is 7.62. The van der Waals surface area contributed by atoms with Gasteiger partial charge in [0.2, 0.25) is 0 Å². The fraction of sp³-hybridized carbons (Fsp3) is 0.429. The van der Waals surface area contributed by atoms with Gasteiger partial charge in [0, 0.05) is 6.54 Å². The van der Waals surface area contributed by atoms with Crippen molar-refractivity contribution in [2.45, 2.75) is 32.4 Å². The first kappa shape index (κ1) is 11.3. The number of fused-ring (bicyclic) bond motifs is 1. The number of urea groups is 1. The van der Waals surface area contributed by atoms with Crippen LogP contribution in [0.2, 0.25) is 0 Å². The standard InChI is InChI=1S/C14H16N2O2/c1-10-4-2-5-11(8-10)9-16-13(17)12-6-3-7-15(12)14(16)18/h2,4-5,8,12H,3,6-7,9H2,1H3. The Morgan fingerprint density at radius 3 is 2.89 bits per heavy atom. The predicted octanol–water partition coefficient (Wildman–Crippen LogP) is 1.92. The Hall–Kier alpha value is -1.84. The molecule has 18 heavy (non-hydrogen) atoms. The lowest BCUT2D eigenvalue weighted by molar-refractivity contribution is -0.128. The Kier molecular flexibility index (Phi) is 2.58. The molecule has 1 aromatic rings. The van der Waals surface area contributed by atoms with Gasteiger partial charge in [0.15, 0.2) is 0 Å². The highest BCUT2D eigenvalue weighted by Crippen LogP contribution is 2.28. The number of hydrogen-bond donors (Lipinski definition) is 0. The second-order valence-corrected chi connectivity index (χ2v) is 5.05. The van der Waals surface area contributed by atoms with Crippen molar-refractivity contribution in [2.24, 2.45) is 0 Å². The highest BCUT2D eigenvalue weighted by molar-refractivity contribution is 6.04. The number of aryl methyl sites for hydroxylation is 1. The molecule has 1 atom stereocenters. The maximum atomic E-state index is 12.2. The van der Waals surface area contributed by atoms with Crippen LogP contribution in [-0.4, -0.2) is 34.3 Å². The molecule has 4 heteroatoms. The molecule has 0 saturated carbocycles. The number of rotatable bonds is 2. The van der Waals surface area contributed by atoms with Crippen LogP contribution in [0.15, 0.2) is 24.3 Å². The molecule has 0 N–H and O–H groups in total. The molecule has 0 aromatic heterocycles. The lowest BCUT2D eigenvalue weighted by Crippen LogP contribution is -2.32. The van der Waals surface area contributed by atoms with Gasteiger partial charge < -0.3 is 4.90 Å². The number of imide groups is 1. The van der Waals surface area contributed by atoms with E-state index < -0.39 is 0 Å². The molecule has 0 aliphatic carbocycles. The fourth-order valence-corrected chi connectivity index (χ4v) is 2.82. The van der Waals surface area contributed by atoms with Crippen LogP contribution < -0.4 is 0 Å². The third kappa shape index (κ3) is 1.68. The fourth-order valence-electron chi connectivity index (χ4n) is 2.82. The molecule has 2 aliphatic heterocycles. The molecule has 0 bridgehead atoms. The van der Waals surface area contributed by atoms with Crippen LogP contribution in [0.5, 0.6) is 0 Å². The van der Waals surface area contributed by atoms with E-state index in [1.54, 1.807) is 4.90 Å². The zero-order valence-electron chi connectivity index (χ0n) is 10.4. The maximum Gasteiger partial charge on any atom is 0.327 e. The Morgan fingerprint density at radius 2 is 2.17 bits per heavy atom. The molecule has 0 spiro atoms. The van der Waals surface area contributed by atoms with Crippen LogP contribution in [0.4, 0.5) is 4.79 Å². The number of carbonyl (C=O) groups is 2. The van der Waals surface area contributed by atoms with Crippen molar-refractivity contribution < 1.29 is 9.59 Å². The van der Waals surface area contributed by atoms with E-state index in [2.05, 4.69) is 0 Å². The van der Waals surface area contributed by atoms with Gasteiger partial charge in [-0.1, -0.05) is 29.8 Å². The van der Waals surface area contributed by atoms with Gasteiger partial charge in [0.05, 0.1) is 6.54 Å². The van der Waals surface area contributed by atoms with Crippen molar-refractivity contribution in [1.29, 1.82) is 0 Å². The Labute approximate surface area is 106 Å². The van der Waals surface area contributed by atoms with E-state index in [4.69, 9.17) is 0 Å². The van der Waals surface area contributed by atoms with Crippen LogP contribution in [0.1, 0.15) is 24.0 Å². The summed E-state index contributed by atoms with van der Waals surface area (Å²) >= 11 is 0. The molecule has 3 rings (SSSR count). The number of nitrogens with zero attached hydrogens (tertiary/aromatic N) is 2. The second-order valence-electron chi connectivity index (χ2n) is 5.05. The summed E-state index contributed by atoms with van der Waals surface area (Å²) in [5.74, 6) is -0.0287. The van der Waals surface area contributed by atoms with Gasteiger partial charge in [-0.2, -0.15) is 0 Å². The molecule has 2 aliphatic rings. The van der Waals surface area contributed by atoms with E-state index in [1.165, 1.54) is 4.90 Å². The van der Waals surface area contributed by atoms with Gasteiger partial charge in [-0.3, -0.25) is 9.69 Å². The second kappa shape index (κ2) is 4.12. The third-order valence-electron chi connectivity index (χ3n) is 3.70. The normalized spacial score (nSPS) is 22.8. The van der Waals surface area contributed by atoms with Crippen molar-refractivity contribution >= 4 is 11.9 Å². The van der Waals surface area contributed by atoms with Crippen LogP contribution in [0.3, 0.4) is 0 Å². The lowest BCUT2D eigenvalue weighted by Gasteiger charge is -2.15. The summed E-state index contributed by atoms with van der Waals surface area (Å²) in [4.78, 5) is 27.4. The first-order valence-corrected chi connectivity index (χ1v) is 6.34. The Morgan fingerprint density at radius 1 is 1.33 bits per heavy atom. The van der Waals surface area contributed by atoms with Gasteiger partial charge in [0.1, 0.15) is 6.04 Å². The van der Waals surface area contributed by atoms with Gasteiger partial charge >= 0.3 is 6.03 Å². The van der Waals surface area contributed by atoms with E-state index in [-0.39, 0.29) is 18.0 Å². The molecule has 94 valence electrons. The van der Waals surface area contributed by atoms with Crippen molar-refractivity contribution in [3.8, 4) is 0 Å². The Balaban J connectivity index is 1.81. The third-order valence-corrected chi connectivity index (χ3v) is 3.70. The molecule has 3 amide bonds. The molecule has 1 unspecified atom stereocenters. The Bertz CT molecular complexity index is 490. The monoisotopic (exact) mass is 244 g/mol. The predicted molar refractivity (Wildman–Crippen MR) is 66.9 cm³/mol. The molecular formula is C14H16N2O2. The summed E-state index contributed by atoms with van der Waals surface area (Å²) in [5, 5.41) is 0. The van der Waals surface area contributed by atoms with Crippen LogP contribution >= 0.6 is 0 Å². The quantitative estimate of drug-likeness (QED) is 0.746. The first-order valence-electron chi connectivity index (χ1n) is 6.34. The molecule has 2 heterocycles. The summed E-state index contributed by atoms with van der Waals surface area (Å²) in [7, 11) is 0. The largest absolute Gasteiger partial charge is 0.327 e. The van der Waals surface area contributed by atoms with Gasteiger partial charge in [-0.15, -0.1) is 0 Å². The number of hydrogen-bond acceptors (Lipinski definition) is 2.